The molecule has 3 aromatic carbocycles. The monoisotopic (exact) mass is 382 g/mol. The molecule has 0 atom stereocenters. The van der Waals surface area contributed by atoms with Gasteiger partial charge in [-0.2, -0.15) is 0 Å². The van der Waals surface area contributed by atoms with E-state index in [1.165, 1.54) is 24.3 Å². The summed E-state index contributed by atoms with van der Waals surface area (Å²) in [5.74, 6) is 1.02. The second-order valence-corrected chi connectivity index (χ2v) is 7.52. The maximum atomic E-state index is 12.3. The summed E-state index contributed by atoms with van der Waals surface area (Å²) in [6.07, 6.45) is 0. The van der Waals surface area contributed by atoms with Crippen LogP contribution in [0, 0.1) is 6.92 Å². The smallest absolute Gasteiger partial charge is 0.255 e. The maximum absolute atomic E-state index is 12.3. The zero-order valence-electron chi connectivity index (χ0n) is 14.5. The number of carbonyl (C=O) groups excluding carboxylic acids is 1. The highest BCUT2D eigenvalue weighted by Crippen LogP contribution is 2.23. The fourth-order valence-corrected chi connectivity index (χ4v) is 2.86. The molecule has 0 radical (unpaired) electrons. The number of rotatable bonds is 5. The van der Waals surface area contributed by atoms with Gasteiger partial charge in [0, 0.05) is 11.3 Å². The number of ether oxygens (including phenoxy) is 1. The van der Waals surface area contributed by atoms with E-state index in [1.807, 2.05) is 31.2 Å². The predicted octanol–water partition coefficient (Wildman–Crippen LogP) is 3.69. The molecular weight excluding hydrogens is 364 g/mol. The highest BCUT2D eigenvalue weighted by atomic mass is 32.2. The van der Waals surface area contributed by atoms with Crippen molar-refractivity contribution in [3.8, 4) is 11.5 Å². The number of hydrogen-bond acceptors (Lipinski definition) is 4. The quantitative estimate of drug-likeness (QED) is 0.703. The van der Waals surface area contributed by atoms with Gasteiger partial charge in [0.05, 0.1) is 4.90 Å². The Hall–Kier alpha value is -3.16. The highest BCUT2D eigenvalue weighted by molar-refractivity contribution is 7.89. The van der Waals surface area contributed by atoms with Crippen molar-refractivity contribution in [2.24, 2.45) is 5.14 Å². The third-order valence-corrected chi connectivity index (χ3v) is 4.74. The van der Waals surface area contributed by atoms with E-state index in [1.54, 1.807) is 24.3 Å². The number of anilines is 1. The molecule has 0 unspecified atom stereocenters. The van der Waals surface area contributed by atoms with E-state index >= 15 is 0 Å². The lowest BCUT2D eigenvalue weighted by Crippen LogP contribution is -2.14. The maximum Gasteiger partial charge on any atom is 0.255 e. The summed E-state index contributed by atoms with van der Waals surface area (Å²) < 4.78 is 28.2. The van der Waals surface area contributed by atoms with Crippen LogP contribution >= 0.6 is 0 Å². The van der Waals surface area contributed by atoms with Gasteiger partial charge < -0.3 is 10.1 Å². The standard InChI is InChI=1S/C20H18N2O4S/c1-14-2-8-17(9-3-14)26-18-10-6-16(7-11-18)22-20(23)15-4-12-19(13-5-15)27(21,24)25/h2-13H,1H3,(H,22,23)(H2,21,24,25). The van der Waals surface area contributed by atoms with E-state index in [0.29, 0.717) is 17.0 Å². The van der Waals surface area contributed by atoms with Crippen LogP contribution in [0.25, 0.3) is 0 Å². The molecule has 0 saturated heterocycles. The third kappa shape index (κ3) is 4.93. The van der Waals surface area contributed by atoms with Gasteiger partial charge in [0.15, 0.2) is 0 Å². The molecule has 7 heteroatoms. The molecule has 138 valence electrons. The number of carbonyl (C=O) groups is 1. The average molecular weight is 382 g/mol. The van der Waals surface area contributed by atoms with Crippen LogP contribution in [0.4, 0.5) is 5.69 Å². The third-order valence-electron chi connectivity index (χ3n) is 3.81. The van der Waals surface area contributed by atoms with Crippen LogP contribution in [0.2, 0.25) is 0 Å². The number of nitrogens with one attached hydrogen (secondary N) is 1. The largest absolute Gasteiger partial charge is 0.457 e. The molecule has 3 N–H and O–H groups in total. The Morgan fingerprint density at radius 2 is 1.37 bits per heavy atom. The normalized spacial score (nSPS) is 11.0. The molecule has 0 fully saturated rings. The molecule has 3 aromatic rings. The Kier molecular flexibility index (Phi) is 5.25. The van der Waals surface area contributed by atoms with Gasteiger partial charge in [0.1, 0.15) is 11.5 Å². The molecule has 0 saturated carbocycles. The summed E-state index contributed by atoms with van der Waals surface area (Å²) in [7, 11) is -3.78. The lowest BCUT2D eigenvalue weighted by atomic mass is 10.2. The van der Waals surface area contributed by atoms with Crippen LogP contribution in [0.1, 0.15) is 15.9 Å². The molecule has 6 nitrogen and oxygen atoms in total. The van der Waals surface area contributed by atoms with E-state index in [9.17, 15) is 13.2 Å². The van der Waals surface area contributed by atoms with Gasteiger partial charge in [-0.05, 0) is 67.6 Å². The molecule has 27 heavy (non-hydrogen) atoms. The van der Waals surface area contributed by atoms with Gasteiger partial charge in [-0.3, -0.25) is 4.79 Å². The lowest BCUT2D eigenvalue weighted by molar-refractivity contribution is 0.102. The summed E-state index contributed by atoms with van der Waals surface area (Å²) in [5.41, 5.74) is 2.06. The minimum absolute atomic E-state index is 0.0448. The predicted molar refractivity (Wildman–Crippen MR) is 103 cm³/mol. The molecule has 3 rings (SSSR count). The van der Waals surface area contributed by atoms with Crippen molar-refractivity contribution in [1.82, 2.24) is 0 Å². The fourth-order valence-electron chi connectivity index (χ4n) is 2.35. The second-order valence-electron chi connectivity index (χ2n) is 5.96. The van der Waals surface area contributed by atoms with Gasteiger partial charge in [-0.15, -0.1) is 0 Å². The Morgan fingerprint density at radius 1 is 0.852 bits per heavy atom. The van der Waals surface area contributed by atoms with Gasteiger partial charge in [-0.25, -0.2) is 13.6 Å². The van der Waals surface area contributed by atoms with Crippen LogP contribution in [0.5, 0.6) is 11.5 Å². The van der Waals surface area contributed by atoms with Crippen molar-refractivity contribution in [2.45, 2.75) is 11.8 Å². The minimum Gasteiger partial charge on any atom is -0.457 e. The van der Waals surface area contributed by atoms with E-state index in [0.717, 1.165) is 11.3 Å². The van der Waals surface area contributed by atoms with Crippen molar-refractivity contribution in [3.63, 3.8) is 0 Å². The summed E-state index contributed by atoms with van der Waals surface area (Å²) in [5, 5.41) is 7.78. The number of primary sulfonamides is 1. The SMILES string of the molecule is Cc1ccc(Oc2ccc(NC(=O)c3ccc(S(N)(=O)=O)cc3)cc2)cc1. The van der Waals surface area contributed by atoms with Gasteiger partial charge in [-0.1, -0.05) is 17.7 Å². The molecular formula is C20H18N2O4S. The van der Waals surface area contributed by atoms with Crippen molar-refractivity contribution in [2.75, 3.05) is 5.32 Å². The summed E-state index contributed by atoms with van der Waals surface area (Å²) in [6, 6.07) is 20.0. The van der Waals surface area contributed by atoms with Crippen molar-refractivity contribution < 1.29 is 17.9 Å². The van der Waals surface area contributed by atoms with Crippen LogP contribution in [-0.2, 0) is 10.0 Å². The van der Waals surface area contributed by atoms with Crippen LogP contribution in [-0.4, -0.2) is 14.3 Å². The summed E-state index contributed by atoms with van der Waals surface area (Å²) in [6.45, 7) is 2.00. The number of amides is 1. The van der Waals surface area contributed by atoms with Crippen LogP contribution < -0.4 is 15.2 Å². The Morgan fingerprint density at radius 3 is 1.89 bits per heavy atom. The lowest BCUT2D eigenvalue weighted by Gasteiger charge is -2.09. The van der Waals surface area contributed by atoms with Gasteiger partial charge in [0.2, 0.25) is 10.0 Å². The van der Waals surface area contributed by atoms with E-state index in [4.69, 9.17) is 9.88 Å². The minimum atomic E-state index is -3.78. The molecule has 0 bridgehead atoms. The molecule has 0 aliphatic rings. The van der Waals surface area contributed by atoms with E-state index < -0.39 is 10.0 Å². The Balaban J connectivity index is 1.65. The van der Waals surface area contributed by atoms with Crippen LogP contribution in [0.3, 0.4) is 0 Å². The molecule has 1 amide bonds. The summed E-state index contributed by atoms with van der Waals surface area (Å²) >= 11 is 0. The second kappa shape index (κ2) is 7.61. The first-order valence-electron chi connectivity index (χ1n) is 8.10. The van der Waals surface area contributed by atoms with E-state index in [2.05, 4.69) is 5.32 Å². The average Bonchev–Trinajstić information content (AvgIpc) is 2.64. The zero-order valence-corrected chi connectivity index (χ0v) is 15.4. The highest BCUT2D eigenvalue weighted by Gasteiger charge is 2.10. The van der Waals surface area contributed by atoms with Crippen molar-refractivity contribution >= 4 is 21.6 Å². The first-order valence-corrected chi connectivity index (χ1v) is 9.65. The van der Waals surface area contributed by atoms with Gasteiger partial charge in [0.25, 0.3) is 5.91 Å². The van der Waals surface area contributed by atoms with Crippen LogP contribution in [0.15, 0.2) is 77.7 Å². The van der Waals surface area contributed by atoms with Crippen molar-refractivity contribution in [3.05, 3.63) is 83.9 Å². The topological polar surface area (TPSA) is 98.5 Å². The number of benzene rings is 3. The van der Waals surface area contributed by atoms with E-state index in [-0.39, 0.29) is 10.8 Å². The molecule has 0 aromatic heterocycles. The molecule has 0 spiro atoms. The fraction of sp³-hybridized carbons (Fsp3) is 0.0500. The molecule has 0 aliphatic heterocycles. The molecule has 0 heterocycles. The van der Waals surface area contributed by atoms with Gasteiger partial charge >= 0.3 is 0 Å². The number of sulfonamides is 1. The number of hydrogen-bond donors (Lipinski definition) is 2. The first-order chi connectivity index (χ1) is 12.8. The number of aryl methyl sites for hydroxylation is 1. The first kappa shape index (κ1) is 18.6. The molecule has 0 aliphatic carbocycles. The van der Waals surface area contributed by atoms with Crippen molar-refractivity contribution in [1.29, 1.82) is 0 Å². The summed E-state index contributed by atoms with van der Waals surface area (Å²) in [4.78, 5) is 12.2. The number of nitrogens with two attached hydrogens (primary N) is 1. The Labute approximate surface area is 157 Å². The Bertz CT molecular complexity index is 1040. The zero-order chi connectivity index (χ0) is 19.4.